The number of pyridine rings is 1. The molecule has 1 aromatic heterocycles. The minimum Gasteiger partial charge on any atom is -0.469 e. The second-order valence-electron chi connectivity index (χ2n) is 3.15. The smallest absolute Gasteiger partial charge is 0.310 e. The number of carbonyl (C=O) groups excluding carboxylic acids is 1. The summed E-state index contributed by atoms with van der Waals surface area (Å²) in [7, 11) is 1.14. The second kappa shape index (κ2) is 5.86. The Morgan fingerprint density at radius 2 is 2.24 bits per heavy atom. The molecule has 0 saturated carbocycles. The lowest BCUT2D eigenvalue weighted by molar-refractivity contribution is -0.139. The molecule has 3 nitrogen and oxygen atoms in total. The van der Waals surface area contributed by atoms with Gasteiger partial charge in [0.25, 0.3) is 6.43 Å². The molecule has 0 radical (unpaired) electrons. The number of hydrogen-bond donors (Lipinski definition) is 0. The van der Waals surface area contributed by atoms with Crippen molar-refractivity contribution in [1.82, 2.24) is 4.98 Å². The van der Waals surface area contributed by atoms with Gasteiger partial charge >= 0.3 is 5.97 Å². The number of aromatic nitrogens is 1. The fourth-order valence-corrected chi connectivity index (χ4v) is 1.51. The van der Waals surface area contributed by atoms with Crippen LogP contribution < -0.4 is 0 Å². The summed E-state index contributed by atoms with van der Waals surface area (Å²) in [4.78, 5) is 14.4. The first kappa shape index (κ1) is 13.8. The van der Waals surface area contributed by atoms with E-state index in [2.05, 4.69) is 9.72 Å². The maximum atomic E-state index is 13.7. The van der Waals surface area contributed by atoms with Crippen LogP contribution in [0.2, 0.25) is 0 Å². The van der Waals surface area contributed by atoms with Gasteiger partial charge in [0.15, 0.2) is 0 Å². The van der Waals surface area contributed by atoms with Gasteiger partial charge in [-0.25, -0.2) is 13.2 Å². The molecule has 0 aliphatic heterocycles. The van der Waals surface area contributed by atoms with Crippen LogP contribution in [-0.4, -0.2) is 18.1 Å². The van der Waals surface area contributed by atoms with Crippen LogP contribution in [0.1, 0.15) is 23.2 Å². The van der Waals surface area contributed by atoms with Crippen LogP contribution in [0.15, 0.2) is 6.20 Å². The highest BCUT2D eigenvalue weighted by atomic mass is 35.5. The number of nitrogens with zero attached hydrogens (tertiary/aromatic N) is 1. The van der Waals surface area contributed by atoms with E-state index >= 15 is 0 Å². The average molecular weight is 268 g/mol. The first-order valence-corrected chi connectivity index (χ1v) is 5.11. The standard InChI is InChI=1S/C10H9ClF3NO2/c1-17-7(16)2-5-4-15-9(10(13)14)6(3-11)8(5)12/h4,10H,2-3H2,1H3. The highest BCUT2D eigenvalue weighted by molar-refractivity contribution is 6.17. The first-order chi connectivity index (χ1) is 8.01. The Kier molecular flexibility index (Phi) is 4.74. The van der Waals surface area contributed by atoms with Crippen LogP contribution in [0.5, 0.6) is 0 Å². The Labute approximate surface area is 101 Å². The molecule has 0 bridgehead atoms. The molecule has 94 valence electrons. The zero-order valence-corrected chi connectivity index (χ0v) is 9.60. The summed E-state index contributed by atoms with van der Waals surface area (Å²) in [6.07, 6.45) is -2.39. The number of esters is 1. The quantitative estimate of drug-likeness (QED) is 0.622. The number of rotatable bonds is 4. The third kappa shape index (κ3) is 3.09. The third-order valence-electron chi connectivity index (χ3n) is 2.12. The molecule has 0 saturated heterocycles. The Morgan fingerprint density at radius 3 is 2.71 bits per heavy atom. The molecular weight excluding hydrogens is 259 g/mol. The Hall–Kier alpha value is -1.30. The fraction of sp³-hybridized carbons (Fsp3) is 0.400. The maximum Gasteiger partial charge on any atom is 0.310 e. The summed E-state index contributed by atoms with van der Waals surface area (Å²) in [5, 5.41) is 0. The van der Waals surface area contributed by atoms with E-state index in [4.69, 9.17) is 11.6 Å². The number of hydrogen-bond acceptors (Lipinski definition) is 3. The first-order valence-electron chi connectivity index (χ1n) is 4.58. The Balaban J connectivity index is 3.15. The molecular formula is C10H9ClF3NO2. The van der Waals surface area contributed by atoms with E-state index in [-0.39, 0.29) is 17.5 Å². The highest BCUT2D eigenvalue weighted by Gasteiger charge is 2.21. The monoisotopic (exact) mass is 267 g/mol. The predicted molar refractivity (Wildman–Crippen MR) is 54.4 cm³/mol. The van der Waals surface area contributed by atoms with Crippen molar-refractivity contribution in [2.75, 3.05) is 7.11 Å². The van der Waals surface area contributed by atoms with E-state index in [1.54, 1.807) is 0 Å². The van der Waals surface area contributed by atoms with Gasteiger partial charge in [0.1, 0.15) is 11.5 Å². The molecule has 0 aromatic carbocycles. The topological polar surface area (TPSA) is 39.2 Å². The number of alkyl halides is 3. The maximum absolute atomic E-state index is 13.7. The highest BCUT2D eigenvalue weighted by Crippen LogP contribution is 2.26. The van der Waals surface area contributed by atoms with Gasteiger partial charge in [-0.3, -0.25) is 9.78 Å². The molecule has 17 heavy (non-hydrogen) atoms. The van der Waals surface area contributed by atoms with Crippen LogP contribution >= 0.6 is 11.6 Å². The van der Waals surface area contributed by atoms with Crippen molar-refractivity contribution in [3.63, 3.8) is 0 Å². The van der Waals surface area contributed by atoms with Crippen molar-refractivity contribution in [1.29, 1.82) is 0 Å². The molecule has 0 amide bonds. The van der Waals surface area contributed by atoms with E-state index in [9.17, 15) is 18.0 Å². The van der Waals surface area contributed by atoms with Gasteiger partial charge < -0.3 is 4.74 Å². The lowest BCUT2D eigenvalue weighted by Crippen LogP contribution is -2.10. The van der Waals surface area contributed by atoms with Gasteiger partial charge in [-0.05, 0) is 0 Å². The molecule has 1 rings (SSSR count). The van der Waals surface area contributed by atoms with Crippen molar-refractivity contribution in [3.05, 3.63) is 28.8 Å². The molecule has 0 N–H and O–H groups in total. The van der Waals surface area contributed by atoms with Gasteiger partial charge in [-0.15, -0.1) is 11.6 Å². The van der Waals surface area contributed by atoms with Gasteiger partial charge in [-0.1, -0.05) is 0 Å². The zero-order chi connectivity index (χ0) is 13.0. The van der Waals surface area contributed by atoms with Crippen molar-refractivity contribution in [2.45, 2.75) is 18.7 Å². The van der Waals surface area contributed by atoms with Gasteiger partial charge in [0.05, 0.1) is 19.4 Å². The summed E-state index contributed by atoms with van der Waals surface area (Å²) >= 11 is 5.39. The van der Waals surface area contributed by atoms with Gasteiger partial charge in [-0.2, -0.15) is 0 Å². The van der Waals surface area contributed by atoms with Crippen LogP contribution in [0.3, 0.4) is 0 Å². The number of ether oxygens (including phenoxy) is 1. The molecule has 0 unspecified atom stereocenters. The second-order valence-corrected chi connectivity index (χ2v) is 3.42. The summed E-state index contributed by atoms with van der Waals surface area (Å²) in [5.74, 6) is -2.06. The van der Waals surface area contributed by atoms with Crippen LogP contribution in [0.4, 0.5) is 13.2 Å². The number of carbonyl (C=O) groups is 1. The Bertz CT molecular complexity index is 426. The lowest BCUT2D eigenvalue weighted by Gasteiger charge is -2.09. The minimum absolute atomic E-state index is 0.114. The molecule has 1 aromatic rings. The van der Waals surface area contributed by atoms with Gasteiger partial charge in [0.2, 0.25) is 0 Å². The van der Waals surface area contributed by atoms with E-state index in [1.165, 1.54) is 0 Å². The molecule has 0 aliphatic rings. The van der Waals surface area contributed by atoms with Crippen LogP contribution in [0.25, 0.3) is 0 Å². The van der Waals surface area contributed by atoms with E-state index in [1.807, 2.05) is 0 Å². The van der Waals surface area contributed by atoms with Crippen molar-refractivity contribution < 1.29 is 22.7 Å². The van der Waals surface area contributed by atoms with Crippen LogP contribution in [-0.2, 0) is 21.8 Å². The average Bonchev–Trinajstić information content (AvgIpc) is 2.30. The van der Waals surface area contributed by atoms with Gasteiger partial charge in [0, 0.05) is 17.3 Å². The zero-order valence-electron chi connectivity index (χ0n) is 8.84. The van der Waals surface area contributed by atoms with Crippen molar-refractivity contribution in [3.8, 4) is 0 Å². The van der Waals surface area contributed by atoms with E-state index in [0.29, 0.717) is 0 Å². The van der Waals surface area contributed by atoms with Crippen molar-refractivity contribution in [2.24, 2.45) is 0 Å². The molecule has 0 aliphatic carbocycles. The Morgan fingerprint density at radius 1 is 1.59 bits per heavy atom. The molecule has 1 heterocycles. The lowest BCUT2D eigenvalue weighted by atomic mass is 10.1. The number of halogens is 4. The fourth-order valence-electron chi connectivity index (χ4n) is 1.25. The third-order valence-corrected chi connectivity index (χ3v) is 2.39. The summed E-state index contributed by atoms with van der Waals surface area (Å²) < 4.78 is 43.0. The molecule has 0 fully saturated rings. The minimum atomic E-state index is -2.91. The van der Waals surface area contributed by atoms with Crippen LogP contribution in [0, 0.1) is 5.82 Å². The summed E-state index contributed by atoms with van der Waals surface area (Å²) in [6.45, 7) is 0. The predicted octanol–water partition coefficient (Wildman–Crippen LogP) is 2.61. The normalized spacial score (nSPS) is 10.7. The molecule has 0 atom stereocenters. The summed E-state index contributed by atoms with van der Waals surface area (Å²) in [6, 6.07) is 0. The summed E-state index contributed by atoms with van der Waals surface area (Å²) in [5.41, 5.74) is -1.20. The van der Waals surface area contributed by atoms with Crippen molar-refractivity contribution >= 4 is 17.6 Å². The van der Waals surface area contributed by atoms with E-state index < -0.39 is 29.8 Å². The molecule has 0 spiro atoms. The number of methoxy groups -OCH3 is 1. The largest absolute Gasteiger partial charge is 0.469 e. The molecule has 7 heteroatoms. The SMILES string of the molecule is COC(=O)Cc1cnc(C(F)F)c(CCl)c1F. The van der Waals surface area contributed by atoms with E-state index in [0.717, 1.165) is 13.3 Å².